The van der Waals surface area contributed by atoms with Crippen molar-refractivity contribution in [3.05, 3.63) is 35.9 Å². The number of rotatable bonds is 1. The van der Waals surface area contributed by atoms with Gasteiger partial charge in [-0.05, 0) is 0 Å². The molecule has 0 bridgehead atoms. The van der Waals surface area contributed by atoms with Gasteiger partial charge in [-0.25, -0.2) is 0 Å². The summed E-state index contributed by atoms with van der Waals surface area (Å²) < 4.78 is 0. The summed E-state index contributed by atoms with van der Waals surface area (Å²) in [6.07, 6.45) is 0. The topological polar surface area (TPSA) is 26.0 Å². The Labute approximate surface area is 63.1 Å². The Kier molecular flexibility index (Phi) is 2.29. The predicted octanol–water partition coefficient (Wildman–Crippen LogP) is 0.545. The van der Waals surface area contributed by atoms with Crippen LogP contribution in [0.2, 0.25) is 0 Å². The van der Waals surface area contributed by atoms with E-state index in [1.165, 1.54) is 0 Å². The van der Waals surface area contributed by atoms with Gasteiger partial charge in [-0.3, -0.25) is 0 Å². The molecule has 1 nitrogen and oxygen atoms in total. The van der Waals surface area contributed by atoms with E-state index < -0.39 is 0 Å². The van der Waals surface area contributed by atoms with E-state index in [1.54, 1.807) is 0 Å². The van der Waals surface area contributed by atoms with Crippen molar-refractivity contribution in [2.45, 2.75) is 4.94 Å². The van der Waals surface area contributed by atoms with Crippen molar-refractivity contribution >= 4 is 16.0 Å². The van der Waals surface area contributed by atoms with Crippen molar-refractivity contribution in [1.29, 1.82) is 0 Å². The van der Waals surface area contributed by atoms with Crippen molar-refractivity contribution < 1.29 is 0 Å². The number of benzene rings is 1. The van der Waals surface area contributed by atoms with Crippen LogP contribution in [-0.2, 0) is 0 Å². The minimum atomic E-state index is 0.0960. The molecule has 1 aromatic carbocycles. The minimum absolute atomic E-state index is 0.0960. The van der Waals surface area contributed by atoms with Crippen LogP contribution in [0.1, 0.15) is 10.5 Å². The zero-order valence-electron chi connectivity index (χ0n) is 4.99. The van der Waals surface area contributed by atoms with Crippen LogP contribution in [0.4, 0.5) is 0 Å². The molecular weight excluding hydrogens is 177 g/mol. The van der Waals surface area contributed by atoms with E-state index in [0.717, 1.165) is 5.56 Å². The molecular formula is C7H9NSe. The Morgan fingerprint density at radius 2 is 1.78 bits per heavy atom. The van der Waals surface area contributed by atoms with Crippen LogP contribution in [0.5, 0.6) is 0 Å². The molecule has 0 spiro atoms. The summed E-state index contributed by atoms with van der Waals surface area (Å²) in [5.41, 5.74) is 6.75. The third kappa shape index (κ3) is 1.83. The fourth-order valence-corrected chi connectivity index (χ4v) is 1.01. The van der Waals surface area contributed by atoms with Gasteiger partial charge in [0.2, 0.25) is 0 Å². The van der Waals surface area contributed by atoms with Crippen molar-refractivity contribution in [3.63, 3.8) is 0 Å². The molecule has 1 atom stereocenters. The summed E-state index contributed by atoms with van der Waals surface area (Å²) >= 11 is 2.41. The first-order valence-electron chi connectivity index (χ1n) is 2.79. The Balaban J connectivity index is 2.85. The van der Waals surface area contributed by atoms with Gasteiger partial charge in [-0.1, -0.05) is 0 Å². The van der Waals surface area contributed by atoms with Crippen molar-refractivity contribution in [2.24, 2.45) is 5.73 Å². The van der Waals surface area contributed by atoms with Gasteiger partial charge in [-0.15, -0.1) is 0 Å². The van der Waals surface area contributed by atoms with E-state index in [-0.39, 0.29) is 4.94 Å². The van der Waals surface area contributed by atoms with Crippen LogP contribution in [0.25, 0.3) is 0 Å². The van der Waals surface area contributed by atoms with Crippen molar-refractivity contribution in [3.8, 4) is 0 Å². The fourth-order valence-electron chi connectivity index (χ4n) is 0.650. The van der Waals surface area contributed by atoms with Gasteiger partial charge in [-0.2, -0.15) is 0 Å². The monoisotopic (exact) mass is 187 g/mol. The quantitative estimate of drug-likeness (QED) is 0.636. The van der Waals surface area contributed by atoms with Crippen LogP contribution in [-0.4, -0.2) is 16.0 Å². The van der Waals surface area contributed by atoms with Crippen LogP contribution in [0.3, 0.4) is 0 Å². The van der Waals surface area contributed by atoms with Gasteiger partial charge in [0, 0.05) is 0 Å². The van der Waals surface area contributed by atoms with Crippen LogP contribution in [0.15, 0.2) is 30.3 Å². The molecule has 0 saturated heterocycles. The molecule has 0 heterocycles. The first kappa shape index (κ1) is 6.81. The van der Waals surface area contributed by atoms with Gasteiger partial charge in [0.1, 0.15) is 0 Å². The molecule has 0 aliphatic rings. The summed E-state index contributed by atoms with van der Waals surface area (Å²) in [7, 11) is 0. The number of nitrogens with two attached hydrogens (primary N) is 1. The predicted molar refractivity (Wildman–Crippen MR) is 40.5 cm³/mol. The SMILES string of the molecule is NC([SeH])c1ccccc1. The molecule has 0 radical (unpaired) electrons. The Morgan fingerprint density at radius 3 is 2.11 bits per heavy atom. The first-order chi connectivity index (χ1) is 4.30. The summed E-state index contributed by atoms with van der Waals surface area (Å²) in [4.78, 5) is 0.0960. The van der Waals surface area contributed by atoms with Crippen LogP contribution < -0.4 is 5.73 Å². The van der Waals surface area contributed by atoms with E-state index in [0.29, 0.717) is 0 Å². The molecule has 1 unspecified atom stereocenters. The van der Waals surface area contributed by atoms with E-state index in [2.05, 4.69) is 16.0 Å². The standard InChI is InChI=1S/C7H9NSe/c8-7(9)6-4-2-1-3-5-6/h1-5,7,9H,8H2. The van der Waals surface area contributed by atoms with Crippen LogP contribution >= 0.6 is 0 Å². The van der Waals surface area contributed by atoms with E-state index in [4.69, 9.17) is 5.73 Å². The molecule has 0 aromatic heterocycles. The van der Waals surface area contributed by atoms with Gasteiger partial charge in [0.15, 0.2) is 0 Å². The summed E-state index contributed by atoms with van der Waals surface area (Å²) in [5.74, 6) is 0. The number of hydrogen-bond donors (Lipinski definition) is 1. The van der Waals surface area contributed by atoms with Gasteiger partial charge < -0.3 is 0 Å². The zero-order valence-corrected chi connectivity index (χ0v) is 6.87. The fraction of sp³-hybridized carbons (Fsp3) is 0.143. The second-order valence-electron chi connectivity index (χ2n) is 1.86. The Hall–Kier alpha value is -0.301. The van der Waals surface area contributed by atoms with Crippen molar-refractivity contribution in [1.82, 2.24) is 0 Å². The molecule has 1 aromatic rings. The molecule has 2 N–H and O–H groups in total. The van der Waals surface area contributed by atoms with E-state index >= 15 is 0 Å². The third-order valence-electron chi connectivity index (χ3n) is 1.14. The molecule has 1 rings (SSSR count). The molecule has 0 fully saturated rings. The average molecular weight is 186 g/mol. The molecule has 48 valence electrons. The molecule has 2 heteroatoms. The second-order valence-corrected chi connectivity index (χ2v) is 3.02. The van der Waals surface area contributed by atoms with E-state index in [9.17, 15) is 0 Å². The third-order valence-corrected chi connectivity index (χ3v) is 1.77. The first-order valence-corrected chi connectivity index (χ1v) is 3.87. The maximum absolute atomic E-state index is 5.59. The molecule has 0 amide bonds. The van der Waals surface area contributed by atoms with Crippen molar-refractivity contribution in [2.75, 3.05) is 0 Å². The molecule has 0 saturated carbocycles. The van der Waals surface area contributed by atoms with Gasteiger partial charge >= 0.3 is 62.6 Å². The number of hydrogen-bond acceptors (Lipinski definition) is 1. The van der Waals surface area contributed by atoms with E-state index in [1.807, 2.05) is 30.3 Å². The maximum atomic E-state index is 5.59. The summed E-state index contributed by atoms with van der Waals surface area (Å²) in [6, 6.07) is 10.00. The zero-order chi connectivity index (χ0) is 6.69. The Bertz CT molecular complexity index is 172. The van der Waals surface area contributed by atoms with Gasteiger partial charge in [0.25, 0.3) is 0 Å². The second kappa shape index (κ2) is 3.02. The van der Waals surface area contributed by atoms with Crippen LogP contribution in [0, 0.1) is 0 Å². The molecule has 9 heavy (non-hydrogen) atoms. The molecule has 0 aliphatic carbocycles. The summed E-state index contributed by atoms with van der Waals surface area (Å²) in [6.45, 7) is 0. The summed E-state index contributed by atoms with van der Waals surface area (Å²) in [5, 5.41) is 0. The average Bonchev–Trinajstić information content (AvgIpc) is 1.90. The molecule has 0 aliphatic heterocycles. The van der Waals surface area contributed by atoms with Gasteiger partial charge in [0.05, 0.1) is 0 Å². The Morgan fingerprint density at radius 1 is 1.22 bits per heavy atom. The normalized spacial score (nSPS) is 13.1.